The Morgan fingerprint density at radius 1 is 1.42 bits per heavy atom. The Labute approximate surface area is 121 Å². The Kier molecular flexibility index (Phi) is 4.37. The van der Waals surface area contributed by atoms with Crippen LogP contribution in [0.5, 0.6) is 0 Å². The fraction of sp³-hybridized carbons (Fsp3) is 0.385. The van der Waals surface area contributed by atoms with E-state index < -0.39 is 5.82 Å². The van der Waals surface area contributed by atoms with Crippen molar-refractivity contribution in [3.05, 3.63) is 34.6 Å². The molecule has 0 saturated carbocycles. The van der Waals surface area contributed by atoms with Crippen LogP contribution in [0.4, 0.5) is 4.39 Å². The smallest absolute Gasteiger partial charge is 0.256 e. The zero-order valence-electron chi connectivity index (χ0n) is 10.2. The third kappa shape index (κ3) is 3.22. The van der Waals surface area contributed by atoms with Gasteiger partial charge in [0.05, 0.1) is 10.6 Å². The summed E-state index contributed by atoms with van der Waals surface area (Å²) in [5.74, 6) is -0.723. The van der Waals surface area contributed by atoms with Crippen molar-refractivity contribution in [3.63, 3.8) is 0 Å². The van der Waals surface area contributed by atoms with Crippen LogP contribution in [-0.2, 0) is 0 Å². The molecule has 0 aliphatic carbocycles. The molecule has 19 heavy (non-hydrogen) atoms. The van der Waals surface area contributed by atoms with Crippen LogP contribution < -0.4 is 5.73 Å². The van der Waals surface area contributed by atoms with Gasteiger partial charge in [-0.2, -0.15) is 0 Å². The second kappa shape index (κ2) is 5.84. The molecule has 1 aromatic rings. The number of thiocarbonyl (C=S) groups is 1. The Morgan fingerprint density at radius 3 is 2.58 bits per heavy atom. The number of piperidine rings is 1. The van der Waals surface area contributed by atoms with Crippen molar-refractivity contribution in [2.75, 3.05) is 13.1 Å². The van der Waals surface area contributed by atoms with Crippen molar-refractivity contribution in [3.8, 4) is 0 Å². The summed E-state index contributed by atoms with van der Waals surface area (Å²) >= 11 is 10.6. The number of amides is 1. The van der Waals surface area contributed by atoms with Gasteiger partial charge in [-0.15, -0.1) is 0 Å². The summed E-state index contributed by atoms with van der Waals surface area (Å²) in [4.78, 5) is 14.3. The summed E-state index contributed by atoms with van der Waals surface area (Å²) in [6, 6.07) is 4.08. The second-order valence-electron chi connectivity index (χ2n) is 4.59. The van der Waals surface area contributed by atoms with Crippen LogP contribution in [-0.4, -0.2) is 28.9 Å². The van der Waals surface area contributed by atoms with Crippen molar-refractivity contribution in [1.29, 1.82) is 0 Å². The number of carbonyl (C=O) groups is 1. The number of hydrogen-bond acceptors (Lipinski definition) is 2. The summed E-state index contributed by atoms with van der Waals surface area (Å²) in [7, 11) is 0. The SMILES string of the molecule is NC(=S)C1CCN(C(=O)c2ccc(Cl)cc2F)CC1. The first-order valence-electron chi connectivity index (χ1n) is 6.02. The standard InChI is InChI=1S/C13H14ClFN2OS/c14-9-1-2-10(11(15)7-9)13(18)17-5-3-8(4-6-17)12(16)19/h1-2,7-8H,3-6H2,(H2,16,19). The van der Waals surface area contributed by atoms with E-state index in [1.165, 1.54) is 12.1 Å². The van der Waals surface area contributed by atoms with Gasteiger partial charge in [-0.25, -0.2) is 4.39 Å². The Bertz CT molecular complexity index is 515. The summed E-state index contributed by atoms with van der Waals surface area (Å²) in [6.07, 6.45) is 1.46. The molecule has 0 spiro atoms. The summed E-state index contributed by atoms with van der Waals surface area (Å²) in [5.41, 5.74) is 5.65. The molecule has 3 nitrogen and oxygen atoms in total. The molecule has 0 bridgehead atoms. The van der Waals surface area contributed by atoms with Crippen molar-refractivity contribution in [1.82, 2.24) is 4.90 Å². The molecule has 0 unspecified atom stereocenters. The molecule has 0 radical (unpaired) electrons. The Balaban J connectivity index is 2.07. The Hall–Kier alpha value is -1.20. The highest BCUT2D eigenvalue weighted by molar-refractivity contribution is 7.80. The van der Waals surface area contributed by atoms with Gasteiger partial charge in [0.1, 0.15) is 5.82 Å². The third-order valence-electron chi connectivity index (χ3n) is 3.35. The van der Waals surface area contributed by atoms with E-state index in [9.17, 15) is 9.18 Å². The highest BCUT2D eigenvalue weighted by atomic mass is 35.5. The molecule has 1 saturated heterocycles. The average molecular weight is 301 g/mol. The summed E-state index contributed by atoms with van der Waals surface area (Å²) in [5, 5.41) is 0.279. The van der Waals surface area contributed by atoms with Crippen molar-refractivity contribution >= 4 is 34.7 Å². The fourth-order valence-electron chi connectivity index (χ4n) is 2.20. The molecule has 1 aromatic carbocycles. The van der Waals surface area contributed by atoms with Crippen LogP contribution >= 0.6 is 23.8 Å². The molecule has 102 valence electrons. The number of carbonyl (C=O) groups excluding carboxylic acids is 1. The maximum Gasteiger partial charge on any atom is 0.256 e. The molecule has 1 amide bonds. The second-order valence-corrected chi connectivity index (χ2v) is 5.50. The Morgan fingerprint density at radius 2 is 2.05 bits per heavy atom. The summed E-state index contributed by atoms with van der Waals surface area (Å²) in [6.45, 7) is 1.09. The van der Waals surface area contributed by atoms with Crippen LogP contribution in [0.3, 0.4) is 0 Å². The largest absolute Gasteiger partial charge is 0.393 e. The van der Waals surface area contributed by atoms with Crippen molar-refractivity contribution < 1.29 is 9.18 Å². The third-order valence-corrected chi connectivity index (χ3v) is 3.91. The topological polar surface area (TPSA) is 46.3 Å². The van der Waals surface area contributed by atoms with E-state index in [2.05, 4.69) is 0 Å². The molecule has 2 N–H and O–H groups in total. The van der Waals surface area contributed by atoms with Gasteiger partial charge in [-0.1, -0.05) is 23.8 Å². The molecular formula is C13H14ClFN2OS. The van der Waals surface area contributed by atoms with Crippen molar-refractivity contribution in [2.24, 2.45) is 11.7 Å². The first-order chi connectivity index (χ1) is 8.99. The van der Waals surface area contributed by atoms with Gasteiger partial charge in [0.2, 0.25) is 0 Å². The van der Waals surface area contributed by atoms with E-state index in [0.717, 1.165) is 18.9 Å². The monoisotopic (exact) mass is 300 g/mol. The van der Waals surface area contributed by atoms with Gasteiger partial charge in [0, 0.05) is 24.0 Å². The quantitative estimate of drug-likeness (QED) is 0.854. The zero-order chi connectivity index (χ0) is 14.0. The maximum atomic E-state index is 13.7. The predicted octanol–water partition coefficient (Wildman–Crippen LogP) is 2.62. The van der Waals surface area contributed by atoms with Gasteiger partial charge < -0.3 is 10.6 Å². The predicted molar refractivity (Wildman–Crippen MR) is 76.8 cm³/mol. The highest BCUT2D eigenvalue weighted by Gasteiger charge is 2.26. The fourth-order valence-corrected chi connectivity index (χ4v) is 2.59. The number of halogens is 2. The minimum atomic E-state index is -0.589. The molecule has 0 atom stereocenters. The van der Waals surface area contributed by atoms with Gasteiger partial charge in [0.25, 0.3) is 5.91 Å². The molecule has 6 heteroatoms. The first kappa shape index (κ1) is 14.2. The molecule has 1 fully saturated rings. The molecule has 2 rings (SSSR count). The maximum absolute atomic E-state index is 13.7. The van der Waals surface area contributed by atoms with E-state index >= 15 is 0 Å². The van der Waals surface area contributed by atoms with Gasteiger partial charge >= 0.3 is 0 Å². The lowest BCUT2D eigenvalue weighted by Gasteiger charge is -2.31. The van der Waals surface area contributed by atoms with Crippen LogP contribution in [0, 0.1) is 11.7 Å². The van der Waals surface area contributed by atoms with E-state index in [1.807, 2.05) is 0 Å². The minimum Gasteiger partial charge on any atom is -0.393 e. The lowest BCUT2D eigenvalue weighted by atomic mass is 9.96. The lowest BCUT2D eigenvalue weighted by Crippen LogP contribution is -2.41. The van der Waals surface area contributed by atoms with Gasteiger partial charge in [-0.3, -0.25) is 4.79 Å². The number of hydrogen-bond donors (Lipinski definition) is 1. The van der Waals surface area contributed by atoms with E-state index in [4.69, 9.17) is 29.6 Å². The molecule has 0 aromatic heterocycles. The van der Waals surface area contributed by atoms with Crippen LogP contribution in [0.2, 0.25) is 5.02 Å². The molecule has 1 aliphatic rings. The van der Waals surface area contributed by atoms with Crippen LogP contribution in [0.1, 0.15) is 23.2 Å². The van der Waals surface area contributed by atoms with E-state index in [1.54, 1.807) is 4.90 Å². The van der Waals surface area contributed by atoms with E-state index in [0.29, 0.717) is 18.1 Å². The number of benzene rings is 1. The van der Waals surface area contributed by atoms with Crippen LogP contribution in [0.15, 0.2) is 18.2 Å². The summed E-state index contributed by atoms with van der Waals surface area (Å²) < 4.78 is 13.7. The molecular weight excluding hydrogens is 287 g/mol. The van der Waals surface area contributed by atoms with Crippen LogP contribution in [0.25, 0.3) is 0 Å². The number of likely N-dealkylation sites (tertiary alicyclic amines) is 1. The minimum absolute atomic E-state index is 0.0539. The first-order valence-corrected chi connectivity index (χ1v) is 6.81. The number of nitrogens with zero attached hydrogens (tertiary/aromatic N) is 1. The zero-order valence-corrected chi connectivity index (χ0v) is 11.8. The van der Waals surface area contributed by atoms with Gasteiger partial charge in [-0.05, 0) is 31.0 Å². The normalized spacial score (nSPS) is 16.4. The van der Waals surface area contributed by atoms with Gasteiger partial charge in [0.15, 0.2) is 0 Å². The number of nitrogens with two attached hydrogens (primary N) is 1. The van der Waals surface area contributed by atoms with Crippen molar-refractivity contribution in [2.45, 2.75) is 12.8 Å². The average Bonchev–Trinajstić information content (AvgIpc) is 2.38. The molecule has 1 aliphatic heterocycles. The highest BCUT2D eigenvalue weighted by Crippen LogP contribution is 2.21. The van der Waals surface area contributed by atoms with E-state index in [-0.39, 0.29) is 22.4 Å². The number of rotatable bonds is 2. The molecule has 1 heterocycles. The lowest BCUT2D eigenvalue weighted by molar-refractivity contribution is 0.0705.